The van der Waals surface area contributed by atoms with Crippen LogP contribution in [0.25, 0.3) is 0 Å². The van der Waals surface area contributed by atoms with Crippen molar-refractivity contribution in [1.29, 1.82) is 0 Å². The van der Waals surface area contributed by atoms with E-state index in [0.29, 0.717) is 12.8 Å². The molecule has 0 saturated heterocycles. The van der Waals surface area contributed by atoms with Gasteiger partial charge in [-0.05, 0) is 30.9 Å². The minimum absolute atomic E-state index is 0.154. The van der Waals surface area contributed by atoms with Crippen LogP contribution in [-0.4, -0.2) is 28.9 Å². The summed E-state index contributed by atoms with van der Waals surface area (Å²) in [6, 6.07) is 7.61. The van der Waals surface area contributed by atoms with Gasteiger partial charge in [0.15, 0.2) is 0 Å². The first-order valence-corrected chi connectivity index (χ1v) is 7.76. The molecule has 1 aliphatic carbocycles. The van der Waals surface area contributed by atoms with Crippen molar-refractivity contribution in [2.75, 3.05) is 6.61 Å². The number of aliphatic hydroxyl groups is 1. The molecule has 1 heterocycles. The molecule has 2 N–H and O–H groups in total. The Bertz CT molecular complexity index is 527. The van der Waals surface area contributed by atoms with Crippen LogP contribution in [0.1, 0.15) is 37.7 Å². The largest absolute Gasteiger partial charge is 0.492 e. The predicted octanol–water partition coefficient (Wildman–Crippen LogP) is 2.63. The molecular weight excluding hydrogens is 268 g/mol. The average molecular weight is 290 g/mol. The van der Waals surface area contributed by atoms with Crippen molar-refractivity contribution in [3.05, 3.63) is 29.8 Å². The highest BCUT2D eigenvalue weighted by Crippen LogP contribution is 2.45. The Hall–Kier alpha value is -1.55. The molecule has 0 spiro atoms. The van der Waals surface area contributed by atoms with Gasteiger partial charge < -0.3 is 14.9 Å². The van der Waals surface area contributed by atoms with Gasteiger partial charge in [-0.3, -0.25) is 4.79 Å². The molecule has 3 unspecified atom stereocenters. The van der Waals surface area contributed by atoms with Gasteiger partial charge in [-0.15, -0.1) is 0 Å². The number of aliphatic carboxylic acids is 1. The molecule has 1 aromatic rings. The maximum Gasteiger partial charge on any atom is 0.313 e. The van der Waals surface area contributed by atoms with Crippen LogP contribution < -0.4 is 4.74 Å². The van der Waals surface area contributed by atoms with Crippen molar-refractivity contribution in [1.82, 2.24) is 0 Å². The van der Waals surface area contributed by atoms with Crippen LogP contribution in [0.3, 0.4) is 0 Å². The fourth-order valence-corrected chi connectivity index (χ4v) is 3.85. The van der Waals surface area contributed by atoms with Gasteiger partial charge in [0.1, 0.15) is 17.8 Å². The minimum atomic E-state index is -1.00. The van der Waals surface area contributed by atoms with Gasteiger partial charge in [0.2, 0.25) is 0 Å². The number of benzene rings is 1. The zero-order valence-corrected chi connectivity index (χ0v) is 12.1. The van der Waals surface area contributed by atoms with Gasteiger partial charge >= 0.3 is 5.97 Å². The van der Waals surface area contributed by atoms with E-state index >= 15 is 0 Å². The van der Waals surface area contributed by atoms with E-state index in [1.165, 1.54) is 0 Å². The Morgan fingerprint density at radius 3 is 2.76 bits per heavy atom. The molecular formula is C17H22O4. The summed E-state index contributed by atoms with van der Waals surface area (Å²) in [7, 11) is 0. The lowest BCUT2D eigenvalue weighted by molar-refractivity contribution is -0.161. The maximum absolute atomic E-state index is 12.1. The summed E-state index contributed by atoms with van der Waals surface area (Å²) in [6.45, 7) is 0.154. The molecule has 1 fully saturated rings. The number of hydrogen-bond acceptors (Lipinski definition) is 3. The molecule has 0 radical (unpaired) electrons. The quantitative estimate of drug-likeness (QED) is 0.822. The minimum Gasteiger partial charge on any atom is -0.492 e. The van der Waals surface area contributed by atoms with E-state index in [1.807, 2.05) is 24.3 Å². The second kappa shape index (κ2) is 5.68. The topological polar surface area (TPSA) is 66.8 Å². The van der Waals surface area contributed by atoms with Crippen molar-refractivity contribution in [3.8, 4) is 5.75 Å². The highest BCUT2D eigenvalue weighted by atomic mass is 16.5. The molecule has 114 valence electrons. The molecule has 1 aliphatic heterocycles. The second-order valence-corrected chi connectivity index (χ2v) is 6.35. The Morgan fingerprint density at radius 1 is 1.19 bits per heavy atom. The van der Waals surface area contributed by atoms with E-state index in [0.717, 1.165) is 37.0 Å². The molecule has 1 saturated carbocycles. The van der Waals surface area contributed by atoms with Crippen LogP contribution in [0.2, 0.25) is 0 Å². The first-order chi connectivity index (χ1) is 10.1. The summed E-state index contributed by atoms with van der Waals surface area (Å²) in [4.78, 5) is 12.1. The zero-order valence-electron chi connectivity index (χ0n) is 12.1. The number of fused-ring (bicyclic) bond motifs is 1. The van der Waals surface area contributed by atoms with Gasteiger partial charge in [-0.25, -0.2) is 0 Å². The van der Waals surface area contributed by atoms with Gasteiger partial charge in [0.25, 0.3) is 0 Å². The smallest absolute Gasteiger partial charge is 0.313 e. The van der Waals surface area contributed by atoms with Crippen molar-refractivity contribution in [2.24, 2.45) is 11.3 Å². The van der Waals surface area contributed by atoms with Gasteiger partial charge in [0.05, 0.1) is 6.10 Å². The third kappa shape index (κ3) is 2.53. The van der Waals surface area contributed by atoms with Crippen LogP contribution >= 0.6 is 0 Å². The number of carboxylic acid groups (broad SMARTS) is 1. The van der Waals surface area contributed by atoms with Crippen LogP contribution in [0.15, 0.2) is 24.3 Å². The van der Waals surface area contributed by atoms with Crippen LogP contribution in [0.5, 0.6) is 5.75 Å². The molecule has 21 heavy (non-hydrogen) atoms. The standard InChI is InChI=1S/C17H22O4/c18-14-8-3-1-2-7-13(14)17(16(19)20)10-12-6-4-5-9-15(12)21-11-17/h4-6,9,13-14,18H,1-3,7-8,10-11H2,(H,19,20). The van der Waals surface area contributed by atoms with Crippen molar-refractivity contribution >= 4 is 5.97 Å². The number of carbonyl (C=O) groups is 1. The van der Waals surface area contributed by atoms with E-state index < -0.39 is 17.5 Å². The van der Waals surface area contributed by atoms with E-state index in [2.05, 4.69) is 0 Å². The normalized spacial score (nSPS) is 32.6. The molecule has 1 aromatic carbocycles. The SMILES string of the molecule is O=C(O)C1(C2CCCCCC2O)COc2ccccc2C1. The Labute approximate surface area is 124 Å². The van der Waals surface area contributed by atoms with E-state index in [1.54, 1.807) is 0 Å². The van der Waals surface area contributed by atoms with Crippen molar-refractivity contribution in [3.63, 3.8) is 0 Å². The van der Waals surface area contributed by atoms with Crippen LogP contribution in [0.4, 0.5) is 0 Å². The zero-order chi connectivity index (χ0) is 14.9. The molecule has 0 amide bonds. The Balaban J connectivity index is 1.96. The lowest BCUT2D eigenvalue weighted by atomic mass is 9.66. The third-order valence-corrected chi connectivity index (χ3v) is 5.08. The first-order valence-electron chi connectivity index (χ1n) is 7.76. The highest BCUT2D eigenvalue weighted by molar-refractivity contribution is 5.76. The first kappa shape index (κ1) is 14.4. The fraction of sp³-hybridized carbons (Fsp3) is 0.588. The third-order valence-electron chi connectivity index (χ3n) is 5.08. The lowest BCUT2D eigenvalue weighted by Gasteiger charge is -2.42. The predicted molar refractivity (Wildman–Crippen MR) is 78.3 cm³/mol. The summed E-state index contributed by atoms with van der Waals surface area (Å²) in [5.41, 5.74) is -0.0689. The molecule has 4 nitrogen and oxygen atoms in total. The monoisotopic (exact) mass is 290 g/mol. The maximum atomic E-state index is 12.1. The average Bonchev–Trinajstić information content (AvgIpc) is 2.71. The Kier molecular flexibility index (Phi) is 3.89. The molecule has 4 heteroatoms. The highest BCUT2D eigenvalue weighted by Gasteiger charge is 2.51. The number of aliphatic hydroxyl groups excluding tert-OH is 1. The number of carboxylic acids is 1. The van der Waals surface area contributed by atoms with Crippen molar-refractivity contribution in [2.45, 2.75) is 44.6 Å². The second-order valence-electron chi connectivity index (χ2n) is 6.35. The lowest BCUT2D eigenvalue weighted by Crippen LogP contribution is -2.51. The summed E-state index contributed by atoms with van der Waals surface area (Å²) in [5.74, 6) is -0.300. The van der Waals surface area contributed by atoms with Gasteiger partial charge in [0, 0.05) is 5.92 Å². The fourth-order valence-electron chi connectivity index (χ4n) is 3.85. The van der Waals surface area contributed by atoms with Crippen LogP contribution in [-0.2, 0) is 11.2 Å². The van der Waals surface area contributed by atoms with E-state index in [-0.39, 0.29) is 12.5 Å². The van der Waals surface area contributed by atoms with Crippen molar-refractivity contribution < 1.29 is 19.7 Å². The molecule has 3 rings (SSSR count). The summed E-state index contributed by atoms with van der Waals surface area (Å²) >= 11 is 0. The van der Waals surface area contributed by atoms with E-state index in [9.17, 15) is 15.0 Å². The molecule has 0 aromatic heterocycles. The number of para-hydroxylation sites is 1. The molecule has 3 atom stereocenters. The number of ether oxygens (including phenoxy) is 1. The van der Waals surface area contributed by atoms with Crippen LogP contribution in [0, 0.1) is 11.3 Å². The Morgan fingerprint density at radius 2 is 1.95 bits per heavy atom. The van der Waals surface area contributed by atoms with Gasteiger partial charge in [-0.1, -0.05) is 37.5 Å². The number of rotatable bonds is 2. The molecule has 0 bridgehead atoms. The van der Waals surface area contributed by atoms with E-state index in [4.69, 9.17) is 4.74 Å². The summed E-state index contributed by atoms with van der Waals surface area (Å²) in [5, 5.41) is 20.3. The summed E-state index contributed by atoms with van der Waals surface area (Å²) < 4.78 is 5.75. The van der Waals surface area contributed by atoms with Gasteiger partial charge in [-0.2, -0.15) is 0 Å². The summed E-state index contributed by atoms with van der Waals surface area (Å²) in [6.07, 6.45) is 4.39. The number of hydrogen-bond donors (Lipinski definition) is 2. The molecule has 2 aliphatic rings.